The minimum atomic E-state index is 0.186. The quantitative estimate of drug-likeness (QED) is 0.829. The van der Waals surface area contributed by atoms with Crippen LogP contribution in [0, 0.1) is 0 Å². The van der Waals surface area contributed by atoms with Crippen LogP contribution in [0.25, 0.3) is 0 Å². The summed E-state index contributed by atoms with van der Waals surface area (Å²) < 4.78 is 0. The first-order chi connectivity index (χ1) is 9.43. The highest BCUT2D eigenvalue weighted by molar-refractivity contribution is 5.76. The molecule has 0 aliphatic carbocycles. The molecule has 0 aliphatic rings. The first kappa shape index (κ1) is 16.7. The van der Waals surface area contributed by atoms with Gasteiger partial charge in [-0.1, -0.05) is 45.0 Å². The van der Waals surface area contributed by atoms with Crippen molar-refractivity contribution in [3.05, 3.63) is 35.4 Å². The first-order valence-electron chi connectivity index (χ1n) is 7.50. The predicted molar refractivity (Wildman–Crippen MR) is 84.8 cm³/mol. The second-order valence-electron chi connectivity index (χ2n) is 5.81. The summed E-state index contributed by atoms with van der Waals surface area (Å²) in [5.41, 5.74) is 2.52. The van der Waals surface area contributed by atoms with Crippen LogP contribution in [-0.4, -0.2) is 30.4 Å². The van der Waals surface area contributed by atoms with E-state index in [4.69, 9.17) is 0 Å². The van der Waals surface area contributed by atoms with Crippen LogP contribution in [0.3, 0.4) is 0 Å². The molecule has 1 unspecified atom stereocenters. The van der Waals surface area contributed by atoms with Gasteiger partial charge in [0.25, 0.3) is 0 Å². The zero-order valence-corrected chi connectivity index (χ0v) is 13.4. The summed E-state index contributed by atoms with van der Waals surface area (Å²) in [7, 11) is 1.87. The Morgan fingerprint density at radius 1 is 1.20 bits per heavy atom. The molecule has 0 saturated carbocycles. The summed E-state index contributed by atoms with van der Waals surface area (Å²) in [6.45, 7) is 10.1. The summed E-state index contributed by atoms with van der Waals surface area (Å²) in [6.07, 6.45) is 0.550. The molecule has 3 heteroatoms. The molecule has 0 bridgehead atoms. The highest BCUT2D eigenvalue weighted by Gasteiger charge is 2.13. The number of hydrogen-bond donors (Lipinski definition) is 1. The van der Waals surface area contributed by atoms with Crippen molar-refractivity contribution in [2.45, 2.75) is 52.6 Å². The summed E-state index contributed by atoms with van der Waals surface area (Å²) in [5, 5.41) is 3.27. The molecule has 0 aliphatic heterocycles. The van der Waals surface area contributed by atoms with Gasteiger partial charge in [-0.15, -0.1) is 0 Å². The third-order valence-electron chi connectivity index (χ3n) is 3.53. The molecular formula is C17H28N2O. The average molecular weight is 276 g/mol. The molecule has 0 spiro atoms. The Kier molecular flexibility index (Phi) is 6.73. The average Bonchev–Trinajstić information content (AvgIpc) is 2.39. The van der Waals surface area contributed by atoms with Crippen molar-refractivity contribution in [1.29, 1.82) is 0 Å². The smallest absolute Gasteiger partial charge is 0.224 e. The zero-order valence-electron chi connectivity index (χ0n) is 13.4. The number of amides is 1. The van der Waals surface area contributed by atoms with Gasteiger partial charge in [0.1, 0.15) is 0 Å². The Hall–Kier alpha value is -1.35. The Morgan fingerprint density at radius 2 is 1.80 bits per heavy atom. The van der Waals surface area contributed by atoms with Crippen LogP contribution in [0.2, 0.25) is 0 Å². The summed E-state index contributed by atoms with van der Waals surface area (Å²) in [4.78, 5) is 13.9. The van der Waals surface area contributed by atoms with E-state index >= 15 is 0 Å². The van der Waals surface area contributed by atoms with E-state index in [9.17, 15) is 4.79 Å². The van der Waals surface area contributed by atoms with Gasteiger partial charge in [0.2, 0.25) is 5.91 Å². The highest BCUT2D eigenvalue weighted by atomic mass is 16.2. The second-order valence-corrected chi connectivity index (χ2v) is 5.81. The van der Waals surface area contributed by atoms with E-state index in [1.54, 1.807) is 4.90 Å². The standard InChI is InChI=1S/C17H28N2O/c1-6-18-14(4)11-17(20)19(5)12-15-7-9-16(10-8-15)13(2)3/h7-10,13-14,18H,6,11-12H2,1-5H3. The third kappa shape index (κ3) is 5.33. The molecule has 112 valence electrons. The molecule has 0 fully saturated rings. The maximum Gasteiger partial charge on any atom is 0.224 e. The van der Waals surface area contributed by atoms with Crippen LogP contribution in [0.15, 0.2) is 24.3 Å². The minimum absolute atomic E-state index is 0.186. The molecule has 0 radical (unpaired) electrons. The molecule has 0 heterocycles. The van der Waals surface area contributed by atoms with Gasteiger partial charge >= 0.3 is 0 Å². The molecule has 1 N–H and O–H groups in total. The normalized spacial score (nSPS) is 12.5. The number of nitrogens with one attached hydrogen (secondary N) is 1. The molecule has 3 nitrogen and oxygen atoms in total. The second kappa shape index (κ2) is 8.05. The largest absolute Gasteiger partial charge is 0.341 e. The number of benzene rings is 1. The fourth-order valence-electron chi connectivity index (χ4n) is 2.21. The first-order valence-corrected chi connectivity index (χ1v) is 7.50. The number of carbonyl (C=O) groups excluding carboxylic acids is 1. The van der Waals surface area contributed by atoms with Gasteiger partial charge in [0.05, 0.1) is 0 Å². The van der Waals surface area contributed by atoms with Crippen LogP contribution in [0.5, 0.6) is 0 Å². The van der Waals surface area contributed by atoms with Crippen molar-refractivity contribution in [3.63, 3.8) is 0 Å². The van der Waals surface area contributed by atoms with Gasteiger partial charge in [-0.25, -0.2) is 0 Å². The van der Waals surface area contributed by atoms with Gasteiger partial charge in [-0.2, -0.15) is 0 Å². The lowest BCUT2D eigenvalue weighted by atomic mass is 10.0. The van der Waals surface area contributed by atoms with Gasteiger partial charge in [-0.05, 0) is 30.5 Å². The minimum Gasteiger partial charge on any atom is -0.341 e. The lowest BCUT2D eigenvalue weighted by Crippen LogP contribution is -2.34. The molecular weight excluding hydrogens is 248 g/mol. The predicted octanol–water partition coefficient (Wildman–Crippen LogP) is 3.16. The number of nitrogens with zero attached hydrogens (tertiary/aromatic N) is 1. The van der Waals surface area contributed by atoms with Gasteiger partial charge < -0.3 is 10.2 Å². The van der Waals surface area contributed by atoms with E-state index in [1.165, 1.54) is 11.1 Å². The fraction of sp³-hybridized carbons (Fsp3) is 0.588. The molecule has 1 amide bonds. The van der Waals surface area contributed by atoms with Gasteiger partial charge in [-0.3, -0.25) is 4.79 Å². The Bertz CT molecular complexity index is 412. The van der Waals surface area contributed by atoms with E-state index in [2.05, 4.69) is 50.4 Å². The van der Waals surface area contributed by atoms with Gasteiger partial charge in [0, 0.05) is 26.1 Å². The molecule has 20 heavy (non-hydrogen) atoms. The maximum absolute atomic E-state index is 12.1. The van der Waals surface area contributed by atoms with Crippen molar-refractivity contribution >= 4 is 5.91 Å². The Balaban J connectivity index is 2.52. The van der Waals surface area contributed by atoms with E-state index < -0.39 is 0 Å². The maximum atomic E-state index is 12.1. The zero-order chi connectivity index (χ0) is 15.1. The lowest BCUT2D eigenvalue weighted by molar-refractivity contribution is -0.130. The van der Waals surface area contributed by atoms with Crippen molar-refractivity contribution < 1.29 is 4.79 Å². The van der Waals surface area contributed by atoms with E-state index in [0.29, 0.717) is 18.9 Å². The van der Waals surface area contributed by atoms with Crippen LogP contribution >= 0.6 is 0 Å². The van der Waals surface area contributed by atoms with Crippen molar-refractivity contribution in [3.8, 4) is 0 Å². The van der Waals surface area contributed by atoms with E-state index in [1.807, 2.05) is 14.0 Å². The van der Waals surface area contributed by atoms with Crippen molar-refractivity contribution in [2.24, 2.45) is 0 Å². The summed E-state index contributed by atoms with van der Waals surface area (Å²) in [5.74, 6) is 0.732. The summed E-state index contributed by atoms with van der Waals surface area (Å²) >= 11 is 0. The Labute approximate surface area is 123 Å². The molecule has 1 aromatic carbocycles. The van der Waals surface area contributed by atoms with E-state index in [0.717, 1.165) is 6.54 Å². The summed E-state index contributed by atoms with van der Waals surface area (Å²) in [6, 6.07) is 8.78. The lowest BCUT2D eigenvalue weighted by Gasteiger charge is -2.20. The van der Waals surface area contributed by atoms with E-state index in [-0.39, 0.29) is 11.9 Å². The highest BCUT2D eigenvalue weighted by Crippen LogP contribution is 2.15. The number of hydrogen-bond acceptors (Lipinski definition) is 2. The van der Waals surface area contributed by atoms with Crippen molar-refractivity contribution in [1.82, 2.24) is 10.2 Å². The number of carbonyl (C=O) groups is 1. The number of rotatable bonds is 7. The van der Waals surface area contributed by atoms with Crippen LogP contribution in [0.4, 0.5) is 0 Å². The van der Waals surface area contributed by atoms with Crippen LogP contribution in [0.1, 0.15) is 51.2 Å². The SMILES string of the molecule is CCNC(C)CC(=O)N(C)Cc1ccc(C(C)C)cc1. The topological polar surface area (TPSA) is 32.3 Å². The Morgan fingerprint density at radius 3 is 2.30 bits per heavy atom. The molecule has 1 rings (SSSR count). The van der Waals surface area contributed by atoms with Crippen molar-refractivity contribution in [2.75, 3.05) is 13.6 Å². The van der Waals surface area contributed by atoms with Crippen LogP contribution in [-0.2, 0) is 11.3 Å². The molecule has 1 aromatic rings. The molecule has 0 aromatic heterocycles. The van der Waals surface area contributed by atoms with Gasteiger partial charge in [0.15, 0.2) is 0 Å². The fourth-order valence-corrected chi connectivity index (χ4v) is 2.21. The van der Waals surface area contributed by atoms with Crippen LogP contribution < -0.4 is 5.32 Å². The monoisotopic (exact) mass is 276 g/mol. The molecule has 0 saturated heterocycles. The molecule has 1 atom stereocenters. The third-order valence-corrected chi connectivity index (χ3v) is 3.53.